The van der Waals surface area contributed by atoms with Gasteiger partial charge >= 0.3 is 0 Å². The van der Waals surface area contributed by atoms with Crippen LogP contribution in [0.25, 0.3) is 0 Å². The SMILES string of the molecule is COCCOCCOCCOCCCCC(C)N. The smallest absolute Gasteiger partial charge is 0.0701 e. The van der Waals surface area contributed by atoms with Crippen LogP contribution >= 0.6 is 0 Å². The number of methoxy groups -OCH3 is 1. The molecule has 0 heterocycles. The maximum absolute atomic E-state index is 5.65. The normalized spacial score (nSPS) is 12.8. The highest BCUT2D eigenvalue weighted by Crippen LogP contribution is 1.98. The number of hydrogen-bond acceptors (Lipinski definition) is 5. The van der Waals surface area contributed by atoms with Crippen LogP contribution in [0.3, 0.4) is 0 Å². The number of ether oxygens (including phenoxy) is 4. The van der Waals surface area contributed by atoms with Gasteiger partial charge in [0.25, 0.3) is 0 Å². The van der Waals surface area contributed by atoms with Gasteiger partial charge in [0.05, 0.1) is 39.6 Å². The van der Waals surface area contributed by atoms with Crippen molar-refractivity contribution in [3.63, 3.8) is 0 Å². The van der Waals surface area contributed by atoms with Crippen LogP contribution in [0.5, 0.6) is 0 Å². The van der Waals surface area contributed by atoms with Crippen LogP contribution in [-0.2, 0) is 18.9 Å². The summed E-state index contributed by atoms with van der Waals surface area (Å²) in [6.07, 6.45) is 3.27. The molecule has 0 aromatic carbocycles. The molecule has 0 fully saturated rings. The Hall–Kier alpha value is -0.200. The van der Waals surface area contributed by atoms with Crippen molar-refractivity contribution in [2.24, 2.45) is 5.73 Å². The first-order chi connectivity index (χ1) is 8.77. The molecule has 2 N–H and O–H groups in total. The average Bonchev–Trinajstić information content (AvgIpc) is 2.34. The Balaban J connectivity index is 2.90. The largest absolute Gasteiger partial charge is 0.382 e. The van der Waals surface area contributed by atoms with Gasteiger partial charge in [0, 0.05) is 19.8 Å². The molecule has 0 aliphatic heterocycles. The minimum atomic E-state index is 0.298. The van der Waals surface area contributed by atoms with E-state index in [1.807, 2.05) is 6.92 Å². The van der Waals surface area contributed by atoms with E-state index in [1.165, 1.54) is 0 Å². The lowest BCUT2D eigenvalue weighted by molar-refractivity contribution is 0.00322. The Labute approximate surface area is 111 Å². The van der Waals surface area contributed by atoms with E-state index in [2.05, 4.69) is 0 Å². The third-order valence-electron chi connectivity index (χ3n) is 2.37. The van der Waals surface area contributed by atoms with Gasteiger partial charge < -0.3 is 24.7 Å². The summed E-state index contributed by atoms with van der Waals surface area (Å²) in [6, 6.07) is 0.298. The molecular formula is C13H29NO4. The Morgan fingerprint density at radius 1 is 0.778 bits per heavy atom. The van der Waals surface area contributed by atoms with E-state index in [-0.39, 0.29) is 0 Å². The van der Waals surface area contributed by atoms with Gasteiger partial charge in [0.15, 0.2) is 0 Å². The molecule has 5 nitrogen and oxygen atoms in total. The molecule has 0 saturated heterocycles. The molecule has 0 bridgehead atoms. The zero-order chi connectivity index (χ0) is 13.5. The van der Waals surface area contributed by atoms with Crippen molar-refractivity contribution in [1.82, 2.24) is 0 Å². The quantitative estimate of drug-likeness (QED) is 0.477. The molecule has 0 saturated carbocycles. The highest BCUT2D eigenvalue weighted by molar-refractivity contribution is 4.52. The number of hydrogen-bond donors (Lipinski definition) is 1. The lowest BCUT2D eigenvalue weighted by Gasteiger charge is -2.07. The molecule has 0 rings (SSSR count). The highest BCUT2D eigenvalue weighted by Gasteiger charge is 1.95. The molecule has 0 amide bonds. The van der Waals surface area contributed by atoms with Crippen LogP contribution in [0.1, 0.15) is 26.2 Å². The van der Waals surface area contributed by atoms with Gasteiger partial charge in [-0.15, -0.1) is 0 Å². The predicted molar refractivity (Wildman–Crippen MR) is 71.8 cm³/mol. The number of unbranched alkanes of at least 4 members (excludes halogenated alkanes) is 1. The Morgan fingerprint density at radius 3 is 1.78 bits per heavy atom. The van der Waals surface area contributed by atoms with Crippen LogP contribution in [0, 0.1) is 0 Å². The number of nitrogens with two attached hydrogens (primary N) is 1. The second-order valence-corrected chi connectivity index (χ2v) is 4.30. The summed E-state index contributed by atoms with van der Waals surface area (Å²) in [6.45, 7) is 6.57. The summed E-state index contributed by atoms with van der Waals surface area (Å²) in [5.41, 5.74) is 5.65. The van der Waals surface area contributed by atoms with Crippen LogP contribution in [0.4, 0.5) is 0 Å². The summed E-state index contributed by atoms with van der Waals surface area (Å²) < 4.78 is 20.9. The van der Waals surface area contributed by atoms with Crippen LogP contribution < -0.4 is 5.73 Å². The summed E-state index contributed by atoms with van der Waals surface area (Å²) in [5, 5.41) is 0. The first-order valence-corrected chi connectivity index (χ1v) is 6.75. The van der Waals surface area contributed by atoms with E-state index in [0.29, 0.717) is 45.7 Å². The van der Waals surface area contributed by atoms with Crippen LogP contribution in [0.2, 0.25) is 0 Å². The van der Waals surface area contributed by atoms with Crippen LogP contribution in [0.15, 0.2) is 0 Å². The first kappa shape index (κ1) is 17.8. The molecule has 0 aromatic rings. The zero-order valence-electron chi connectivity index (χ0n) is 11.9. The van der Waals surface area contributed by atoms with Crippen molar-refractivity contribution in [2.45, 2.75) is 32.2 Å². The minimum absolute atomic E-state index is 0.298. The van der Waals surface area contributed by atoms with Gasteiger partial charge in [-0.05, 0) is 26.2 Å². The summed E-state index contributed by atoms with van der Waals surface area (Å²) in [7, 11) is 1.66. The molecule has 1 atom stereocenters. The second-order valence-electron chi connectivity index (χ2n) is 4.30. The summed E-state index contributed by atoms with van der Waals surface area (Å²) in [4.78, 5) is 0. The predicted octanol–water partition coefficient (Wildman–Crippen LogP) is 1.20. The lowest BCUT2D eigenvalue weighted by atomic mass is 10.1. The molecule has 110 valence electrons. The molecular weight excluding hydrogens is 234 g/mol. The van der Waals surface area contributed by atoms with Crippen molar-refractivity contribution in [2.75, 3.05) is 53.4 Å². The lowest BCUT2D eigenvalue weighted by Crippen LogP contribution is -2.14. The molecule has 0 aliphatic carbocycles. The standard InChI is InChI=1S/C13H29NO4/c1-13(14)5-3-4-6-16-9-10-18-12-11-17-8-7-15-2/h13H,3-12,14H2,1-2H3. The third-order valence-corrected chi connectivity index (χ3v) is 2.37. The maximum Gasteiger partial charge on any atom is 0.0701 e. The van der Waals surface area contributed by atoms with Gasteiger partial charge in [-0.25, -0.2) is 0 Å². The molecule has 0 aromatic heterocycles. The van der Waals surface area contributed by atoms with E-state index < -0.39 is 0 Å². The van der Waals surface area contributed by atoms with Gasteiger partial charge in [-0.3, -0.25) is 0 Å². The molecule has 0 spiro atoms. The summed E-state index contributed by atoms with van der Waals surface area (Å²) >= 11 is 0. The van der Waals surface area contributed by atoms with E-state index in [0.717, 1.165) is 25.9 Å². The second kappa shape index (κ2) is 14.9. The summed E-state index contributed by atoms with van der Waals surface area (Å²) in [5.74, 6) is 0. The van der Waals surface area contributed by atoms with E-state index in [4.69, 9.17) is 24.7 Å². The first-order valence-electron chi connectivity index (χ1n) is 6.75. The topological polar surface area (TPSA) is 62.9 Å². The molecule has 0 aliphatic rings. The monoisotopic (exact) mass is 263 g/mol. The Bertz CT molecular complexity index is 156. The fourth-order valence-corrected chi connectivity index (χ4v) is 1.35. The molecule has 1 unspecified atom stereocenters. The van der Waals surface area contributed by atoms with E-state index >= 15 is 0 Å². The van der Waals surface area contributed by atoms with Crippen molar-refractivity contribution < 1.29 is 18.9 Å². The molecule has 5 heteroatoms. The van der Waals surface area contributed by atoms with Gasteiger partial charge in [-0.2, -0.15) is 0 Å². The fourth-order valence-electron chi connectivity index (χ4n) is 1.35. The number of rotatable bonds is 14. The molecule has 0 radical (unpaired) electrons. The Kier molecular flexibility index (Phi) is 14.7. The fraction of sp³-hybridized carbons (Fsp3) is 1.00. The van der Waals surface area contributed by atoms with Gasteiger partial charge in [-0.1, -0.05) is 0 Å². The average molecular weight is 263 g/mol. The van der Waals surface area contributed by atoms with E-state index in [1.54, 1.807) is 7.11 Å². The highest BCUT2D eigenvalue weighted by atomic mass is 16.6. The Morgan fingerprint density at radius 2 is 1.28 bits per heavy atom. The van der Waals surface area contributed by atoms with Gasteiger partial charge in [0.2, 0.25) is 0 Å². The van der Waals surface area contributed by atoms with E-state index in [9.17, 15) is 0 Å². The van der Waals surface area contributed by atoms with Crippen molar-refractivity contribution in [1.29, 1.82) is 0 Å². The third kappa shape index (κ3) is 15.8. The van der Waals surface area contributed by atoms with Crippen molar-refractivity contribution in [3.8, 4) is 0 Å². The van der Waals surface area contributed by atoms with Crippen molar-refractivity contribution >= 4 is 0 Å². The van der Waals surface area contributed by atoms with Crippen molar-refractivity contribution in [3.05, 3.63) is 0 Å². The zero-order valence-corrected chi connectivity index (χ0v) is 11.9. The molecule has 18 heavy (non-hydrogen) atoms. The minimum Gasteiger partial charge on any atom is -0.382 e. The van der Waals surface area contributed by atoms with Gasteiger partial charge in [0.1, 0.15) is 0 Å². The van der Waals surface area contributed by atoms with Crippen LogP contribution in [-0.4, -0.2) is 59.4 Å². The maximum atomic E-state index is 5.65.